The molecule has 0 saturated heterocycles. The third kappa shape index (κ3) is 3.54. The molecule has 5 nitrogen and oxygen atoms in total. The summed E-state index contributed by atoms with van der Waals surface area (Å²) in [6, 6.07) is 9.78. The molecule has 0 unspecified atom stereocenters. The van der Waals surface area contributed by atoms with Gasteiger partial charge >= 0.3 is 0 Å². The van der Waals surface area contributed by atoms with Crippen molar-refractivity contribution < 1.29 is 14.1 Å². The molecule has 0 bridgehead atoms. The van der Waals surface area contributed by atoms with Crippen LogP contribution in [0.25, 0.3) is 6.08 Å². The number of nitro groups is 1. The van der Waals surface area contributed by atoms with E-state index in [0.717, 1.165) is 0 Å². The number of carbonyl (C=O) groups is 1. The minimum Gasteiger partial charge on any atom is -0.383 e. The Morgan fingerprint density at radius 2 is 1.91 bits per heavy atom. The molecule has 0 aliphatic carbocycles. The summed E-state index contributed by atoms with van der Waals surface area (Å²) in [4.78, 5) is 22.4. The number of rotatable bonds is 5. The average molecular weight is 300 g/mol. The van der Waals surface area contributed by atoms with Crippen LogP contribution in [0.5, 0.6) is 0 Å². The highest BCUT2D eigenvalue weighted by Crippen LogP contribution is 2.25. The van der Waals surface area contributed by atoms with Crippen LogP contribution in [-0.4, -0.2) is 17.8 Å². The number of nitrogens with zero attached hydrogens (tertiary/aromatic N) is 1. The van der Waals surface area contributed by atoms with E-state index in [1.807, 2.05) is 0 Å². The molecule has 0 amide bonds. The Balaban J connectivity index is 2.22. The lowest BCUT2D eigenvalue weighted by molar-refractivity contribution is -0.383. The van der Waals surface area contributed by atoms with Crippen LogP contribution in [0.15, 0.2) is 48.5 Å². The Kier molecular flexibility index (Phi) is 4.63. The highest BCUT2D eigenvalue weighted by Gasteiger charge is 2.12. The van der Waals surface area contributed by atoms with Crippen molar-refractivity contribution in [1.82, 2.24) is 0 Å². The molecule has 112 valence electrons. The van der Waals surface area contributed by atoms with Gasteiger partial charge in [-0.25, -0.2) is 4.39 Å². The average Bonchev–Trinajstić information content (AvgIpc) is 2.53. The third-order valence-corrected chi connectivity index (χ3v) is 3.04. The number of halogens is 1. The second kappa shape index (κ2) is 6.62. The lowest BCUT2D eigenvalue weighted by Gasteiger charge is -2.02. The summed E-state index contributed by atoms with van der Waals surface area (Å²) in [5.41, 5.74) is 1.20. The summed E-state index contributed by atoms with van der Waals surface area (Å²) in [6.07, 6.45) is 2.78. The van der Waals surface area contributed by atoms with Gasteiger partial charge in [-0.1, -0.05) is 12.1 Å². The van der Waals surface area contributed by atoms with Crippen molar-refractivity contribution in [2.45, 2.75) is 0 Å². The Labute approximate surface area is 126 Å². The van der Waals surface area contributed by atoms with Crippen LogP contribution in [0.1, 0.15) is 15.9 Å². The predicted octanol–water partition coefficient (Wildman–Crippen LogP) is 3.67. The van der Waals surface area contributed by atoms with Crippen LogP contribution in [0.3, 0.4) is 0 Å². The number of nitro benzene ring substituents is 1. The van der Waals surface area contributed by atoms with Gasteiger partial charge in [-0.2, -0.15) is 0 Å². The molecule has 0 saturated carbocycles. The molecule has 0 atom stereocenters. The maximum atomic E-state index is 12.8. The van der Waals surface area contributed by atoms with E-state index in [1.54, 1.807) is 19.2 Å². The molecule has 0 fully saturated rings. The van der Waals surface area contributed by atoms with Gasteiger partial charge in [-0.15, -0.1) is 0 Å². The van der Waals surface area contributed by atoms with E-state index in [-0.39, 0.29) is 11.5 Å². The zero-order chi connectivity index (χ0) is 16.1. The monoisotopic (exact) mass is 300 g/mol. The molecule has 1 N–H and O–H groups in total. The number of hydrogen-bond acceptors (Lipinski definition) is 4. The molecule has 22 heavy (non-hydrogen) atoms. The van der Waals surface area contributed by atoms with Crippen LogP contribution in [0.4, 0.5) is 15.8 Å². The molecule has 6 heteroatoms. The summed E-state index contributed by atoms with van der Waals surface area (Å²) in [6.45, 7) is 0. The summed E-state index contributed by atoms with van der Waals surface area (Å²) < 4.78 is 12.8. The van der Waals surface area contributed by atoms with E-state index in [9.17, 15) is 19.3 Å². The number of anilines is 1. The lowest BCUT2D eigenvalue weighted by atomic mass is 10.1. The fourth-order valence-corrected chi connectivity index (χ4v) is 1.90. The van der Waals surface area contributed by atoms with Crippen molar-refractivity contribution >= 4 is 23.2 Å². The van der Waals surface area contributed by atoms with Gasteiger partial charge in [0.2, 0.25) is 0 Å². The summed E-state index contributed by atoms with van der Waals surface area (Å²) in [5.74, 6) is -0.723. The summed E-state index contributed by atoms with van der Waals surface area (Å²) in [5, 5.41) is 13.7. The van der Waals surface area contributed by atoms with Gasteiger partial charge < -0.3 is 5.32 Å². The van der Waals surface area contributed by atoms with E-state index in [4.69, 9.17) is 0 Å². The van der Waals surface area contributed by atoms with Gasteiger partial charge in [0.15, 0.2) is 5.78 Å². The van der Waals surface area contributed by atoms with Crippen molar-refractivity contribution in [3.05, 3.63) is 75.6 Å². The molecule has 0 aliphatic rings. The van der Waals surface area contributed by atoms with Crippen LogP contribution in [0.2, 0.25) is 0 Å². The van der Waals surface area contributed by atoms with Crippen molar-refractivity contribution in [2.24, 2.45) is 0 Å². The highest BCUT2D eigenvalue weighted by molar-refractivity contribution is 6.06. The standard InChI is InChI=1S/C16H13FN2O3/c1-18-14-8-2-11(10-15(14)19(21)22)3-9-16(20)12-4-6-13(17)7-5-12/h2-10,18H,1H3/b9-3+. The van der Waals surface area contributed by atoms with Crippen LogP contribution in [-0.2, 0) is 0 Å². The molecule has 0 radical (unpaired) electrons. The first-order chi connectivity index (χ1) is 10.5. The van der Waals surface area contributed by atoms with Crippen molar-refractivity contribution in [3.63, 3.8) is 0 Å². The van der Waals surface area contributed by atoms with Crippen molar-refractivity contribution in [3.8, 4) is 0 Å². The van der Waals surface area contributed by atoms with Crippen molar-refractivity contribution in [1.29, 1.82) is 0 Å². The predicted molar refractivity (Wildman–Crippen MR) is 82.4 cm³/mol. The number of hydrogen-bond donors (Lipinski definition) is 1. The molecule has 2 rings (SSSR count). The van der Waals surface area contributed by atoms with Crippen molar-refractivity contribution in [2.75, 3.05) is 12.4 Å². The molecule has 0 aliphatic heterocycles. The topological polar surface area (TPSA) is 72.2 Å². The summed E-state index contributed by atoms with van der Waals surface area (Å²) >= 11 is 0. The van der Waals surface area contributed by atoms with Gasteiger partial charge in [0.25, 0.3) is 5.69 Å². The first-order valence-corrected chi connectivity index (χ1v) is 6.45. The van der Waals surface area contributed by atoms with E-state index >= 15 is 0 Å². The number of allylic oxidation sites excluding steroid dienone is 1. The second-order valence-corrected chi connectivity index (χ2v) is 4.49. The van der Waals surface area contributed by atoms with Gasteiger partial charge in [0.1, 0.15) is 11.5 Å². The molecule has 0 heterocycles. The Morgan fingerprint density at radius 1 is 1.23 bits per heavy atom. The Hall–Kier alpha value is -3.02. The fourth-order valence-electron chi connectivity index (χ4n) is 1.90. The first-order valence-electron chi connectivity index (χ1n) is 6.45. The Bertz CT molecular complexity index is 740. The third-order valence-electron chi connectivity index (χ3n) is 3.04. The molecule has 2 aromatic rings. The van der Waals surface area contributed by atoms with E-state index < -0.39 is 10.7 Å². The quantitative estimate of drug-likeness (QED) is 0.396. The maximum absolute atomic E-state index is 12.8. The molecule has 0 spiro atoms. The largest absolute Gasteiger partial charge is 0.383 e. The van der Waals surface area contributed by atoms with Gasteiger partial charge in [-0.3, -0.25) is 14.9 Å². The minimum atomic E-state index is -0.495. The minimum absolute atomic E-state index is 0.0705. The number of nitrogens with one attached hydrogen (secondary N) is 1. The fraction of sp³-hybridized carbons (Fsp3) is 0.0625. The zero-order valence-corrected chi connectivity index (χ0v) is 11.7. The van der Waals surface area contributed by atoms with Crippen LogP contribution >= 0.6 is 0 Å². The normalized spacial score (nSPS) is 10.6. The number of benzene rings is 2. The maximum Gasteiger partial charge on any atom is 0.292 e. The first kappa shape index (κ1) is 15.4. The molecular weight excluding hydrogens is 287 g/mol. The van der Waals surface area contributed by atoms with Crippen LogP contribution < -0.4 is 5.32 Å². The van der Waals surface area contributed by atoms with Crippen LogP contribution in [0, 0.1) is 15.9 Å². The molecular formula is C16H13FN2O3. The molecule has 0 aromatic heterocycles. The Morgan fingerprint density at radius 3 is 2.50 bits per heavy atom. The van der Waals surface area contributed by atoms with Gasteiger partial charge in [0.05, 0.1) is 4.92 Å². The smallest absolute Gasteiger partial charge is 0.292 e. The second-order valence-electron chi connectivity index (χ2n) is 4.49. The highest BCUT2D eigenvalue weighted by atomic mass is 19.1. The van der Waals surface area contributed by atoms with Gasteiger partial charge in [-0.05, 0) is 42.0 Å². The van der Waals surface area contributed by atoms with Gasteiger partial charge in [0, 0.05) is 18.7 Å². The number of carbonyl (C=O) groups excluding carboxylic acids is 1. The van der Waals surface area contributed by atoms with E-state index in [1.165, 1.54) is 42.5 Å². The van der Waals surface area contributed by atoms with E-state index in [2.05, 4.69) is 5.32 Å². The summed E-state index contributed by atoms with van der Waals surface area (Å²) in [7, 11) is 1.59. The lowest BCUT2D eigenvalue weighted by Crippen LogP contribution is -1.97. The zero-order valence-electron chi connectivity index (χ0n) is 11.7. The molecule has 2 aromatic carbocycles. The SMILES string of the molecule is CNc1ccc(/C=C/C(=O)c2ccc(F)cc2)cc1[N+](=O)[O-]. The van der Waals surface area contributed by atoms with E-state index in [0.29, 0.717) is 16.8 Å². The number of ketones is 1.